The zero-order valence-corrected chi connectivity index (χ0v) is 12.2. The number of hydrogen-bond donors (Lipinski definition) is 2. The maximum atomic E-state index is 12.6. The fourth-order valence-corrected chi connectivity index (χ4v) is 4.48. The van der Waals surface area contributed by atoms with E-state index in [1.54, 1.807) is 0 Å². The van der Waals surface area contributed by atoms with Crippen molar-refractivity contribution in [1.82, 2.24) is 9.76 Å². The van der Waals surface area contributed by atoms with Gasteiger partial charge in [-0.25, -0.2) is 9.76 Å². The molecule has 3 N–H and O–H groups in total. The van der Waals surface area contributed by atoms with Gasteiger partial charge in [0.05, 0.1) is 0 Å². The normalized spacial score (nSPS) is 21.6. The zero-order valence-electron chi connectivity index (χ0n) is 11.3. The fraction of sp³-hybridized carbons (Fsp3) is 1.00. The van der Waals surface area contributed by atoms with Gasteiger partial charge >= 0.3 is 0 Å². The van der Waals surface area contributed by atoms with Crippen molar-refractivity contribution in [3.05, 3.63) is 0 Å². The van der Waals surface area contributed by atoms with Crippen molar-refractivity contribution in [2.45, 2.75) is 64.8 Å². The Hall–Kier alpha value is 0.110. The molecule has 1 atom stereocenters. The summed E-state index contributed by atoms with van der Waals surface area (Å²) in [6, 6.07) is 0.420. The third-order valence-electron chi connectivity index (χ3n) is 3.42. The zero-order chi connectivity index (χ0) is 12.7. The van der Waals surface area contributed by atoms with Crippen LogP contribution in [0.3, 0.4) is 0 Å². The Balaban J connectivity index is 2.64. The molecule has 0 radical (unpaired) electrons. The van der Waals surface area contributed by atoms with Crippen LogP contribution in [-0.2, 0) is 4.57 Å². The molecule has 1 unspecified atom stereocenters. The van der Waals surface area contributed by atoms with Crippen LogP contribution < -0.4 is 10.6 Å². The van der Waals surface area contributed by atoms with Crippen molar-refractivity contribution in [3.63, 3.8) is 0 Å². The van der Waals surface area contributed by atoms with Crippen molar-refractivity contribution >= 4 is 7.59 Å². The predicted molar refractivity (Wildman–Crippen MR) is 74.0 cm³/mol. The summed E-state index contributed by atoms with van der Waals surface area (Å²) >= 11 is 0. The van der Waals surface area contributed by atoms with Gasteiger partial charge in [0.2, 0.25) is 0 Å². The second-order valence-corrected chi connectivity index (χ2v) is 7.06. The molecule has 17 heavy (non-hydrogen) atoms. The van der Waals surface area contributed by atoms with E-state index < -0.39 is 7.59 Å². The van der Waals surface area contributed by atoms with Gasteiger partial charge in [0.25, 0.3) is 7.59 Å². The van der Waals surface area contributed by atoms with Gasteiger partial charge in [-0.1, -0.05) is 33.1 Å². The Morgan fingerprint density at radius 3 is 2.41 bits per heavy atom. The fourth-order valence-electron chi connectivity index (χ4n) is 2.54. The van der Waals surface area contributed by atoms with Crippen LogP contribution in [0.5, 0.6) is 0 Å². The first-order chi connectivity index (χ1) is 8.11. The molecule has 0 saturated heterocycles. The van der Waals surface area contributed by atoms with E-state index in [1.807, 2.05) is 0 Å². The van der Waals surface area contributed by atoms with Crippen molar-refractivity contribution in [1.29, 1.82) is 0 Å². The van der Waals surface area contributed by atoms with Gasteiger partial charge in [-0.15, -0.1) is 0 Å². The molecule has 0 heterocycles. The van der Waals surface area contributed by atoms with Crippen LogP contribution in [0, 0.1) is 0 Å². The van der Waals surface area contributed by atoms with Crippen molar-refractivity contribution in [2.24, 2.45) is 5.50 Å². The van der Waals surface area contributed by atoms with E-state index >= 15 is 0 Å². The average molecular weight is 261 g/mol. The molecule has 0 spiro atoms. The van der Waals surface area contributed by atoms with E-state index in [2.05, 4.69) is 23.6 Å². The number of rotatable bonds is 7. The smallest absolute Gasteiger partial charge is 0.271 e. The summed E-state index contributed by atoms with van der Waals surface area (Å²) in [4.78, 5) is 0. The standard InChI is InChI=1S/C12H28N3OP/c1-3-10-14-17(13,16)15(11-4-2)12-8-6-5-7-9-12/h12H,3-11H2,1-2H3,(H3,13,14,16). The molecule has 0 aromatic carbocycles. The molecule has 102 valence electrons. The Bertz CT molecular complexity index is 254. The Morgan fingerprint density at radius 1 is 1.24 bits per heavy atom. The lowest BCUT2D eigenvalue weighted by molar-refractivity contribution is 0.247. The highest BCUT2D eigenvalue weighted by Crippen LogP contribution is 2.42. The van der Waals surface area contributed by atoms with Crippen LogP contribution in [0.1, 0.15) is 58.8 Å². The van der Waals surface area contributed by atoms with E-state index in [0.717, 1.165) is 38.8 Å². The van der Waals surface area contributed by atoms with Crippen LogP contribution in [-0.4, -0.2) is 23.8 Å². The molecule has 1 saturated carbocycles. The van der Waals surface area contributed by atoms with Gasteiger partial charge in [0, 0.05) is 19.1 Å². The highest BCUT2D eigenvalue weighted by Gasteiger charge is 2.32. The lowest BCUT2D eigenvalue weighted by Gasteiger charge is -2.37. The third kappa shape index (κ3) is 4.70. The first kappa shape index (κ1) is 15.2. The minimum Gasteiger partial charge on any atom is -0.271 e. The maximum absolute atomic E-state index is 12.6. The summed E-state index contributed by atoms with van der Waals surface area (Å²) in [5.41, 5.74) is 6.03. The van der Waals surface area contributed by atoms with Crippen molar-refractivity contribution in [3.8, 4) is 0 Å². The summed E-state index contributed by atoms with van der Waals surface area (Å²) in [5, 5.41) is 3.05. The number of nitrogens with two attached hydrogens (primary N) is 1. The first-order valence-electron chi connectivity index (χ1n) is 7.02. The number of nitrogens with one attached hydrogen (secondary N) is 1. The summed E-state index contributed by atoms with van der Waals surface area (Å²) in [7, 11) is -2.82. The van der Waals surface area contributed by atoms with Crippen LogP contribution in [0.25, 0.3) is 0 Å². The molecule has 1 aliphatic carbocycles. The van der Waals surface area contributed by atoms with Gasteiger partial charge in [-0.3, -0.25) is 10.1 Å². The van der Waals surface area contributed by atoms with E-state index in [9.17, 15) is 4.57 Å². The largest absolute Gasteiger partial charge is 0.279 e. The quantitative estimate of drug-likeness (QED) is 0.691. The molecule has 0 aromatic rings. The van der Waals surface area contributed by atoms with Gasteiger partial charge < -0.3 is 0 Å². The van der Waals surface area contributed by atoms with E-state index in [0.29, 0.717) is 6.04 Å². The molecule has 0 bridgehead atoms. The first-order valence-corrected chi connectivity index (χ1v) is 8.75. The average Bonchev–Trinajstić information content (AvgIpc) is 2.34. The van der Waals surface area contributed by atoms with Crippen LogP contribution >= 0.6 is 7.59 Å². The molecule has 0 aromatic heterocycles. The molecule has 1 fully saturated rings. The lowest BCUT2D eigenvalue weighted by atomic mass is 9.95. The van der Waals surface area contributed by atoms with Crippen LogP contribution in [0.15, 0.2) is 0 Å². The highest BCUT2D eigenvalue weighted by molar-refractivity contribution is 7.56. The van der Waals surface area contributed by atoms with E-state index in [1.165, 1.54) is 19.3 Å². The summed E-state index contributed by atoms with van der Waals surface area (Å²) in [5.74, 6) is 0. The Morgan fingerprint density at radius 2 is 1.88 bits per heavy atom. The molecule has 1 rings (SSSR count). The van der Waals surface area contributed by atoms with Crippen LogP contribution in [0.2, 0.25) is 0 Å². The topological polar surface area (TPSA) is 58.4 Å². The molecule has 4 nitrogen and oxygen atoms in total. The molecular formula is C12H28N3OP. The maximum Gasteiger partial charge on any atom is 0.279 e. The lowest BCUT2D eigenvalue weighted by Crippen LogP contribution is -2.41. The van der Waals surface area contributed by atoms with Crippen LogP contribution in [0.4, 0.5) is 0 Å². The summed E-state index contributed by atoms with van der Waals surface area (Å²) in [6.07, 6.45) is 8.08. The minimum atomic E-state index is -2.82. The second kappa shape index (κ2) is 7.52. The Kier molecular flexibility index (Phi) is 6.71. The minimum absolute atomic E-state index is 0.420. The van der Waals surface area contributed by atoms with Gasteiger partial charge in [-0.05, 0) is 25.7 Å². The number of hydrogen-bond acceptors (Lipinski definition) is 1. The van der Waals surface area contributed by atoms with Gasteiger partial charge in [0.15, 0.2) is 0 Å². The third-order valence-corrected chi connectivity index (χ3v) is 5.39. The van der Waals surface area contributed by atoms with Crippen molar-refractivity contribution < 1.29 is 4.57 Å². The second-order valence-electron chi connectivity index (χ2n) is 4.99. The Labute approximate surface area is 106 Å². The molecule has 1 aliphatic rings. The summed E-state index contributed by atoms with van der Waals surface area (Å²) in [6.45, 7) is 5.77. The molecule has 5 heteroatoms. The molecule has 0 aliphatic heterocycles. The highest BCUT2D eigenvalue weighted by atomic mass is 31.2. The van der Waals surface area contributed by atoms with Crippen molar-refractivity contribution in [2.75, 3.05) is 13.1 Å². The van der Waals surface area contributed by atoms with E-state index in [-0.39, 0.29) is 0 Å². The molecule has 0 amide bonds. The monoisotopic (exact) mass is 261 g/mol. The van der Waals surface area contributed by atoms with Gasteiger partial charge in [-0.2, -0.15) is 0 Å². The van der Waals surface area contributed by atoms with Gasteiger partial charge in [0.1, 0.15) is 0 Å². The molecular weight excluding hydrogens is 233 g/mol. The number of nitrogens with zero attached hydrogens (tertiary/aromatic N) is 1. The van der Waals surface area contributed by atoms with E-state index in [4.69, 9.17) is 5.50 Å². The SMILES string of the molecule is CCCNP(N)(=O)N(CCC)C1CCCCC1. The predicted octanol–water partition coefficient (Wildman–Crippen LogP) is 3.10. The summed E-state index contributed by atoms with van der Waals surface area (Å²) < 4.78 is 14.6.